The maximum absolute atomic E-state index is 13.4. The van der Waals surface area contributed by atoms with Crippen molar-refractivity contribution in [3.8, 4) is 0 Å². The van der Waals surface area contributed by atoms with E-state index in [9.17, 15) is 9.59 Å². The monoisotopic (exact) mass is 426 g/mol. The van der Waals surface area contributed by atoms with Gasteiger partial charge in [-0.3, -0.25) is 9.59 Å². The number of halogens is 1. The highest BCUT2D eigenvalue weighted by Crippen LogP contribution is 2.25. The molecule has 3 rings (SSSR count). The summed E-state index contributed by atoms with van der Waals surface area (Å²) in [5, 5.41) is 0.510. The van der Waals surface area contributed by atoms with E-state index in [1.54, 1.807) is 23.1 Å². The number of aliphatic imine (C=N–C) groups is 2. The van der Waals surface area contributed by atoms with Gasteiger partial charge in [0.15, 0.2) is 5.84 Å². The van der Waals surface area contributed by atoms with Gasteiger partial charge in [0.1, 0.15) is 5.92 Å². The topological polar surface area (TPSA) is 88.1 Å². The summed E-state index contributed by atoms with van der Waals surface area (Å²) in [5.41, 5.74) is 7.96. The number of amidine groups is 1. The lowest BCUT2D eigenvalue weighted by Gasteiger charge is -2.35. The average molecular weight is 427 g/mol. The highest BCUT2D eigenvalue weighted by molar-refractivity contribution is 6.35. The van der Waals surface area contributed by atoms with Crippen LogP contribution in [0.1, 0.15) is 36.2 Å². The molecule has 7 heteroatoms. The first-order valence-corrected chi connectivity index (χ1v) is 10.5. The molecule has 2 aliphatic rings. The molecule has 0 aromatic heterocycles. The second-order valence-electron chi connectivity index (χ2n) is 7.91. The smallest absolute Gasteiger partial charge is 0.260 e. The first-order chi connectivity index (χ1) is 14.3. The van der Waals surface area contributed by atoms with Crippen molar-refractivity contribution in [2.45, 2.75) is 33.2 Å². The first-order valence-electron chi connectivity index (χ1n) is 10.2. The molecule has 1 aliphatic carbocycles. The minimum absolute atomic E-state index is 0.0109. The number of benzene rings is 1. The van der Waals surface area contributed by atoms with Gasteiger partial charge in [-0.05, 0) is 50.1 Å². The number of nitrogens with two attached hydrogens (primary N) is 1. The van der Waals surface area contributed by atoms with Gasteiger partial charge in [0.05, 0.1) is 11.8 Å². The Balaban J connectivity index is 2.00. The summed E-state index contributed by atoms with van der Waals surface area (Å²) < 4.78 is 0. The van der Waals surface area contributed by atoms with Crippen LogP contribution in [0.4, 0.5) is 0 Å². The van der Waals surface area contributed by atoms with Crippen molar-refractivity contribution < 1.29 is 9.59 Å². The maximum atomic E-state index is 13.4. The molecule has 1 aromatic rings. The Morgan fingerprint density at radius 3 is 2.57 bits per heavy atom. The van der Waals surface area contributed by atoms with Crippen molar-refractivity contribution in [3.63, 3.8) is 0 Å². The van der Waals surface area contributed by atoms with Crippen LogP contribution in [-0.4, -0.2) is 47.4 Å². The van der Waals surface area contributed by atoms with Crippen molar-refractivity contribution >= 4 is 35.0 Å². The number of nitrogens with zero attached hydrogens (tertiary/aromatic N) is 3. The Labute approximate surface area is 182 Å². The van der Waals surface area contributed by atoms with Crippen LogP contribution in [0, 0.1) is 18.8 Å². The fourth-order valence-electron chi connectivity index (χ4n) is 3.64. The van der Waals surface area contributed by atoms with Gasteiger partial charge in [-0.1, -0.05) is 49.2 Å². The molecule has 2 atom stereocenters. The van der Waals surface area contributed by atoms with E-state index in [1.807, 2.05) is 45.0 Å². The summed E-state index contributed by atoms with van der Waals surface area (Å²) in [6.45, 7) is 6.86. The van der Waals surface area contributed by atoms with Crippen LogP contribution < -0.4 is 5.73 Å². The van der Waals surface area contributed by atoms with E-state index < -0.39 is 12.0 Å². The summed E-state index contributed by atoms with van der Waals surface area (Å²) in [6.07, 6.45) is 5.70. The molecule has 30 heavy (non-hydrogen) atoms. The van der Waals surface area contributed by atoms with Gasteiger partial charge >= 0.3 is 0 Å². The fourth-order valence-corrected chi connectivity index (χ4v) is 3.82. The number of aryl methyl sites for hydroxylation is 1. The Hall–Kier alpha value is -2.57. The Kier molecular flexibility index (Phi) is 7.00. The number of hydrogen-bond acceptors (Lipinski definition) is 4. The summed E-state index contributed by atoms with van der Waals surface area (Å²) in [6, 6.07) is 6.99. The highest BCUT2D eigenvalue weighted by Gasteiger charge is 2.36. The van der Waals surface area contributed by atoms with Crippen LogP contribution in [0.25, 0.3) is 0 Å². The third kappa shape index (κ3) is 4.77. The van der Waals surface area contributed by atoms with Crippen LogP contribution in [0.5, 0.6) is 0 Å². The average Bonchev–Trinajstić information content (AvgIpc) is 2.70. The van der Waals surface area contributed by atoms with Gasteiger partial charge in [-0.25, -0.2) is 4.99 Å². The lowest BCUT2D eigenvalue weighted by molar-refractivity contribution is -0.118. The third-order valence-corrected chi connectivity index (χ3v) is 5.42. The van der Waals surface area contributed by atoms with Crippen molar-refractivity contribution in [2.24, 2.45) is 27.6 Å². The lowest BCUT2D eigenvalue weighted by Crippen LogP contribution is -2.50. The molecular formula is C23H27ClN4O2. The van der Waals surface area contributed by atoms with Crippen LogP contribution in [0.2, 0.25) is 0 Å². The van der Waals surface area contributed by atoms with E-state index in [0.717, 1.165) is 5.56 Å². The van der Waals surface area contributed by atoms with E-state index in [2.05, 4.69) is 9.98 Å². The molecule has 1 heterocycles. The molecule has 158 valence electrons. The number of carbonyl (C=O) groups excluding carboxylic acids is 2. The number of hydrogen-bond donors (Lipinski definition) is 1. The third-order valence-electron chi connectivity index (χ3n) is 5.18. The van der Waals surface area contributed by atoms with Crippen LogP contribution in [0.15, 0.2) is 57.5 Å². The van der Waals surface area contributed by atoms with Gasteiger partial charge in [-0.15, -0.1) is 0 Å². The van der Waals surface area contributed by atoms with E-state index in [0.29, 0.717) is 41.7 Å². The normalized spacial score (nSPS) is 19.1. The molecule has 1 aliphatic heterocycles. The van der Waals surface area contributed by atoms with E-state index in [-0.39, 0.29) is 17.7 Å². The predicted octanol–water partition coefficient (Wildman–Crippen LogP) is 3.50. The maximum Gasteiger partial charge on any atom is 0.260 e. The van der Waals surface area contributed by atoms with E-state index >= 15 is 0 Å². The Morgan fingerprint density at radius 2 is 1.93 bits per heavy atom. The molecule has 2 N–H and O–H groups in total. The fraction of sp³-hybridized carbons (Fsp3) is 0.391. The van der Waals surface area contributed by atoms with Gasteiger partial charge in [-0.2, -0.15) is 4.99 Å². The molecule has 6 nitrogen and oxygen atoms in total. The van der Waals surface area contributed by atoms with Gasteiger partial charge in [0, 0.05) is 17.1 Å². The van der Waals surface area contributed by atoms with Crippen LogP contribution >= 0.6 is 11.6 Å². The summed E-state index contributed by atoms with van der Waals surface area (Å²) in [4.78, 5) is 36.8. The minimum Gasteiger partial charge on any atom is -0.330 e. The standard InChI is InChI=1S/C23H27ClN4O2/c1-14(2)20(21-26-19-13-17(24)9-10-18(19)22(29)27-21)28(12-4-11-25)23(30)16-7-5-15(3)6-8-16/h5-10,13-14,18,20H,4,11-12,25H2,1-3H3/t18?,20-/m1/s1. The van der Waals surface area contributed by atoms with Crippen LogP contribution in [0.3, 0.4) is 0 Å². The molecule has 1 aromatic carbocycles. The summed E-state index contributed by atoms with van der Waals surface area (Å²) in [7, 11) is 0. The van der Waals surface area contributed by atoms with Gasteiger partial charge < -0.3 is 10.6 Å². The number of carbonyl (C=O) groups is 2. The van der Waals surface area contributed by atoms with Crippen LogP contribution in [-0.2, 0) is 4.79 Å². The van der Waals surface area contributed by atoms with E-state index in [1.165, 1.54) is 0 Å². The van der Waals surface area contributed by atoms with Crippen molar-refractivity contribution in [3.05, 3.63) is 58.7 Å². The molecule has 1 unspecified atom stereocenters. The second kappa shape index (κ2) is 9.49. The van der Waals surface area contributed by atoms with Crippen molar-refractivity contribution in [1.82, 2.24) is 4.90 Å². The molecule has 0 saturated heterocycles. The molecule has 0 spiro atoms. The lowest BCUT2D eigenvalue weighted by atomic mass is 9.93. The molecule has 0 saturated carbocycles. The van der Waals surface area contributed by atoms with Gasteiger partial charge in [0.2, 0.25) is 0 Å². The Morgan fingerprint density at radius 1 is 1.23 bits per heavy atom. The number of amides is 2. The second-order valence-corrected chi connectivity index (χ2v) is 8.34. The van der Waals surface area contributed by atoms with Crippen molar-refractivity contribution in [1.29, 1.82) is 0 Å². The molecular weight excluding hydrogens is 400 g/mol. The minimum atomic E-state index is -0.519. The zero-order valence-corrected chi connectivity index (χ0v) is 18.3. The first kappa shape index (κ1) is 22.1. The molecule has 0 bridgehead atoms. The number of rotatable bonds is 7. The molecule has 0 radical (unpaired) electrons. The van der Waals surface area contributed by atoms with E-state index in [4.69, 9.17) is 17.3 Å². The number of allylic oxidation sites excluding steroid dienone is 3. The molecule has 2 amide bonds. The Bertz CT molecular complexity index is 944. The quantitative estimate of drug-likeness (QED) is 0.723. The summed E-state index contributed by atoms with van der Waals surface area (Å²) in [5.74, 6) is -0.608. The number of fused-ring (bicyclic) bond motifs is 1. The highest BCUT2D eigenvalue weighted by atomic mass is 35.5. The summed E-state index contributed by atoms with van der Waals surface area (Å²) >= 11 is 6.11. The van der Waals surface area contributed by atoms with Gasteiger partial charge in [0.25, 0.3) is 11.8 Å². The molecule has 0 fully saturated rings. The zero-order valence-electron chi connectivity index (χ0n) is 17.5. The largest absolute Gasteiger partial charge is 0.330 e. The zero-order chi connectivity index (χ0) is 21.8. The SMILES string of the molecule is Cc1ccc(C(=O)N(CCCN)[C@@H](C2=NC(=O)C3C=CC(Cl)=CC3=N2)C(C)C)cc1. The predicted molar refractivity (Wildman–Crippen MR) is 121 cm³/mol. The van der Waals surface area contributed by atoms with Crippen molar-refractivity contribution in [2.75, 3.05) is 13.1 Å².